The molecule has 0 saturated carbocycles. The molecular weight excluding hydrogens is 276 g/mol. The second-order valence-corrected chi connectivity index (χ2v) is 4.04. The Hall–Kier alpha value is -2.21. The monoisotopic (exact) mass is 283 g/mol. The zero-order valence-corrected chi connectivity index (χ0v) is 10.2. The van der Waals surface area contributed by atoms with Gasteiger partial charge < -0.3 is 11.1 Å². The van der Waals surface area contributed by atoms with E-state index in [1.54, 1.807) is 0 Å². The van der Waals surface area contributed by atoms with Crippen molar-refractivity contribution in [3.05, 3.63) is 52.7 Å². The fourth-order valence-corrected chi connectivity index (χ4v) is 1.69. The molecule has 19 heavy (non-hydrogen) atoms. The molecule has 2 rings (SSSR count). The van der Waals surface area contributed by atoms with Crippen molar-refractivity contribution in [1.29, 1.82) is 0 Å². The molecule has 98 valence electrons. The van der Waals surface area contributed by atoms with Gasteiger partial charge >= 0.3 is 0 Å². The standard InChI is InChI=1S/C12H8ClF2N3O/c13-8-4-6(14)5-9(15)10(8)18-12(19)7-2-1-3-17-11(7)16/h1-5H,(H2,16,17)(H,18,19). The number of carbonyl (C=O) groups is 1. The van der Waals surface area contributed by atoms with Gasteiger partial charge in [-0.3, -0.25) is 4.79 Å². The topological polar surface area (TPSA) is 68.0 Å². The molecule has 0 saturated heterocycles. The van der Waals surface area contributed by atoms with Crippen molar-refractivity contribution in [1.82, 2.24) is 4.98 Å². The van der Waals surface area contributed by atoms with Gasteiger partial charge in [0.25, 0.3) is 5.91 Å². The molecule has 2 aromatic rings. The van der Waals surface area contributed by atoms with E-state index in [1.165, 1.54) is 18.3 Å². The fourth-order valence-electron chi connectivity index (χ4n) is 1.45. The minimum absolute atomic E-state index is 0.00126. The predicted octanol–water partition coefficient (Wildman–Crippen LogP) is 2.85. The van der Waals surface area contributed by atoms with Crippen LogP contribution in [0.15, 0.2) is 30.5 Å². The number of aromatic nitrogens is 1. The third kappa shape index (κ3) is 2.79. The van der Waals surface area contributed by atoms with Gasteiger partial charge in [-0.1, -0.05) is 11.6 Å². The normalized spacial score (nSPS) is 10.3. The van der Waals surface area contributed by atoms with Crippen LogP contribution in [0.2, 0.25) is 5.02 Å². The van der Waals surface area contributed by atoms with Crippen LogP contribution < -0.4 is 11.1 Å². The predicted molar refractivity (Wildman–Crippen MR) is 68.0 cm³/mol. The smallest absolute Gasteiger partial charge is 0.259 e. The lowest BCUT2D eigenvalue weighted by Crippen LogP contribution is -2.16. The lowest BCUT2D eigenvalue weighted by Gasteiger charge is -2.09. The van der Waals surface area contributed by atoms with E-state index in [9.17, 15) is 13.6 Å². The Morgan fingerprint density at radius 3 is 2.74 bits per heavy atom. The number of halogens is 3. The summed E-state index contributed by atoms with van der Waals surface area (Å²) in [6.07, 6.45) is 1.41. The lowest BCUT2D eigenvalue weighted by molar-refractivity contribution is 0.102. The van der Waals surface area contributed by atoms with Crippen molar-refractivity contribution in [2.75, 3.05) is 11.1 Å². The minimum atomic E-state index is -0.971. The fraction of sp³-hybridized carbons (Fsp3) is 0. The summed E-state index contributed by atoms with van der Waals surface area (Å²) >= 11 is 5.66. The Labute approximate surface area is 112 Å². The molecule has 0 bridgehead atoms. The molecule has 0 atom stereocenters. The van der Waals surface area contributed by atoms with Gasteiger partial charge in [0.2, 0.25) is 0 Å². The first-order valence-corrected chi connectivity index (χ1v) is 5.53. The van der Waals surface area contributed by atoms with Gasteiger partial charge in [0, 0.05) is 12.3 Å². The van der Waals surface area contributed by atoms with Gasteiger partial charge in [-0.2, -0.15) is 0 Å². The number of hydrogen-bond donors (Lipinski definition) is 2. The number of nitrogens with zero attached hydrogens (tertiary/aromatic N) is 1. The van der Waals surface area contributed by atoms with Crippen LogP contribution in [-0.4, -0.2) is 10.9 Å². The number of anilines is 2. The number of hydrogen-bond acceptors (Lipinski definition) is 3. The van der Waals surface area contributed by atoms with E-state index in [-0.39, 0.29) is 22.1 Å². The molecule has 0 fully saturated rings. The van der Waals surface area contributed by atoms with Crippen molar-refractivity contribution in [3.63, 3.8) is 0 Å². The maximum atomic E-state index is 13.5. The summed E-state index contributed by atoms with van der Waals surface area (Å²) in [5, 5.41) is 1.99. The molecule has 0 unspecified atom stereocenters. The van der Waals surface area contributed by atoms with E-state index >= 15 is 0 Å². The van der Waals surface area contributed by atoms with Crippen LogP contribution in [0.5, 0.6) is 0 Å². The number of nitrogen functional groups attached to an aromatic ring is 1. The van der Waals surface area contributed by atoms with Gasteiger partial charge in [0.1, 0.15) is 11.6 Å². The quantitative estimate of drug-likeness (QED) is 0.890. The van der Waals surface area contributed by atoms with Crippen molar-refractivity contribution in [2.45, 2.75) is 0 Å². The number of benzene rings is 1. The van der Waals surface area contributed by atoms with E-state index in [0.29, 0.717) is 6.07 Å². The minimum Gasteiger partial charge on any atom is -0.383 e. The molecule has 0 aliphatic rings. The van der Waals surface area contributed by atoms with Crippen molar-refractivity contribution in [2.24, 2.45) is 0 Å². The summed E-state index contributed by atoms with van der Waals surface area (Å²) in [6, 6.07) is 4.45. The summed E-state index contributed by atoms with van der Waals surface area (Å²) in [5.74, 6) is -2.49. The summed E-state index contributed by atoms with van der Waals surface area (Å²) < 4.78 is 26.4. The highest BCUT2D eigenvalue weighted by atomic mass is 35.5. The van der Waals surface area contributed by atoms with Gasteiger partial charge in [-0.15, -0.1) is 0 Å². The SMILES string of the molecule is Nc1ncccc1C(=O)Nc1c(F)cc(F)cc1Cl. The average Bonchev–Trinajstić information content (AvgIpc) is 2.34. The maximum absolute atomic E-state index is 13.5. The molecule has 0 spiro atoms. The highest BCUT2D eigenvalue weighted by Crippen LogP contribution is 2.27. The Morgan fingerprint density at radius 2 is 2.11 bits per heavy atom. The molecule has 4 nitrogen and oxygen atoms in total. The van der Waals surface area contributed by atoms with Crippen LogP contribution in [0.25, 0.3) is 0 Å². The number of rotatable bonds is 2. The van der Waals surface area contributed by atoms with Gasteiger partial charge in [0.05, 0.1) is 16.3 Å². The first kappa shape index (κ1) is 13.2. The number of amides is 1. The number of pyridine rings is 1. The Balaban J connectivity index is 2.32. The van der Waals surface area contributed by atoms with Gasteiger partial charge in [0.15, 0.2) is 5.82 Å². The zero-order valence-electron chi connectivity index (χ0n) is 9.45. The van der Waals surface area contributed by atoms with Crippen LogP contribution >= 0.6 is 11.6 Å². The number of nitrogens with two attached hydrogens (primary N) is 1. The van der Waals surface area contributed by atoms with Crippen LogP contribution in [0, 0.1) is 11.6 Å². The highest BCUT2D eigenvalue weighted by Gasteiger charge is 2.16. The molecule has 1 aromatic carbocycles. The molecular formula is C12H8ClF2N3O. The summed E-state index contributed by atoms with van der Waals surface area (Å²) in [5.41, 5.74) is 5.28. The van der Waals surface area contributed by atoms with Crippen molar-refractivity contribution >= 4 is 29.0 Å². The second-order valence-electron chi connectivity index (χ2n) is 3.63. The number of nitrogens with one attached hydrogen (secondary N) is 1. The van der Waals surface area contributed by atoms with Crippen LogP contribution in [0.3, 0.4) is 0 Å². The Bertz CT molecular complexity index is 626. The first-order chi connectivity index (χ1) is 8.99. The third-order valence-corrected chi connectivity index (χ3v) is 2.63. The number of carbonyl (C=O) groups excluding carboxylic acids is 1. The molecule has 1 aromatic heterocycles. The molecule has 3 N–H and O–H groups in total. The molecule has 1 heterocycles. The van der Waals surface area contributed by atoms with E-state index < -0.39 is 17.5 Å². The molecule has 7 heteroatoms. The largest absolute Gasteiger partial charge is 0.383 e. The Kier molecular flexibility index (Phi) is 3.62. The first-order valence-electron chi connectivity index (χ1n) is 5.15. The molecule has 1 amide bonds. The lowest BCUT2D eigenvalue weighted by atomic mass is 10.2. The van der Waals surface area contributed by atoms with Crippen molar-refractivity contribution in [3.8, 4) is 0 Å². The molecule has 0 radical (unpaired) electrons. The van der Waals surface area contributed by atoms with Crippen LogP contribution in [0.4, 0.5) is 20.3 Å². The van der Waals surface area contributed by atoms with Gasteiger partial charge in [-0.25, -0.2) is 13.8 Å². The summed E-state index contributed by atoms with van der Waals surface area (Å²) in [7, 11) is 0. The van der Waals surface area contributed by atoms with E-state index in [2.05, 4.69) is 10.3 Å². The second kappa shape index (κ2) is 5.19. The summed E-state index contributed by atoms with van der Waals surface area (Å²) in [4.78, 5) is 15.6. The van der Waals surface area contributed by atoms with Crippen molar-refractivity contribution < 1.29 is 13.6 Å². The molecule has 0 aliphatic carbocycles. The van der Waals surface area contributed by atoms with E-state index in [4.69, 9.17) is 17.3 Å². The van der Waals surface area contributed by atoms with Gasteiger partial charge in [-0.05, 0) is 18.2 Å². The van der Waals surface area contributed by atoms with E-state index in [1.807, 2.05) is 0 Å². The Morgan fingerprint density at radius 1 is 1.37 bits per heavy atom. The average molecular weight is 284 g/mol. The van der Waals surface area contributed by atoms with Crippen LogP contribution in [0.1, 0.15) is 10.4 Å². The highest BCUT2D eigenvalue weighted by molar-refractivity contribution is 6.34. The zero-order chi connectivity index (χ0) is 14.0. The summed E-state index contributed by atoms with van der Waals surface area (Å²) in [6.45, 7) is 0. The van der Waals surface area contributed by atoms with Crippen LogP contribution in [-0.2, 0) is 0 Å². The maximum Gasteiger partial charge on any atom is 0.259 e. The molecule has 0 aliphatic heterocycles. The third-order valence-electron chi connectivity index (χ3n) is 2.33. The van der Waals surface area contributed by atoms with E-state index in [0.717, 1.165) is 6.07 Å².